The molecule has 0 radical (unpaired) electrons. The molecule has 1 rings (SSSR count). The molecule has 0 amide bonds. The summed E-state index contributed by atoms with van der Waals surface area (Å²) < 4.78 is 0. The second kappa shape index (κ2) is 5.65. The van der Waals surface area contributed by atoms with Crippen molar-refractivity contribution in [3.05, 3.63) is 12.3 Å². The molecule has 1 aliphatic rings. The molecular formula is C9H15N3O. The van der Waals surface area contributed by atoms with Gasteiger partial charge in [-0.15, -0.1) is 0 Å². The molecule has 1 fully saturated rings. The van der Waals surface area contributed by atoms with E-state index in [1.165, 1.54) is 12.3 Å². The van der Waals surface area contributed by atoms with Crippen molar-refractivity contribution in [2.24, 2.45) is 4.99 Å². The van der Waals surface area contributed by atoms with Crippen LogP contribution in [0.25, 0.3) is 0 Å². The first-order valence-electron chi connectivity index (χ1n) is 4.46. The van der Waals surface area contributed by atoms with Crippen molar-refractivity contribution in [1.29, 1.82) is 0 Å². The molecule has 4 heteroatoms. The van der Waals surface area contributed by atoms with Crippen LogP contribution in [-0.2, 0) is 4.79 Å². The quantitative estimate of drug-likeness (QED) is 0.457. The van der Waals surface area contributed by atoms with Gasteiger partial charge in [0.1, 0.15) is 0 Å². The van der Waals surface area contributed by atoms with Crippen molar-refractivity contribution in [3.8, 4) is 0 Å². The minimum absolute atomic E-state index is 0.874. The average Bonchev–Trinajstić information content (AvgIpc) is 2.15. The van der Waals surface area contributed by atoms with E-state index in [-0.39, 0.29) is 0 Å². The third-order valence-electron chi connectivity index (χ3n) is 2.19. The Morgan fingerprint density at radius 1 is 1.38 bits per heavy atom. The minimum atomic E-state index is 0.874. The Hall–Kier alpha value is -0.960. The maximum absolute atomic E-state index is 9.74. The molecule has 1 heterocycles. The Balaban J connectivity index is 2.19. The van der Waals surface area contributed by atoms with Crippen LogP contribution in [-0.4, -0.2) is 55.7 Å². The Labute approximate surface area is 78.5 Å². The lowest BCUT2D eigenvalue weighted by Gasteiger charge is -2.31. The van der Waals surface area contributed by atoms with E-state index in [9.17, 15) is 4.79 Å². The molecule has 0 aromatic carbocycles. The molecule has 0 spiro atoms. The van der Waals surface area contributed by atoms with Crippen LogP contribution in [0, 0.1) is 0 Å². The highest BCUT2D eigenvalue weighted by Gasteiger charge is 2.11. The monoisotopic (exact) mass is 181 g/mol. The molecule has 72 valence electrons. The zero-order valence-electron chi connectivity index (χ0n) is 7.94. The second-order valence-electron chi connectivity index (χ2n) is 3.21. The van der Waals surface area contributed by atoms with Gasteiger partial charge in [-0.25, -0.2) is 4.79 Å². The molecule has 4 nitrogen and oxygen atoms in total. The van der Waals surface area contributed by atoms with Crippen LogP contribution < -0.4 is 0 Å². The van der Waals surface area contributed by atoms with Gasteiger partial charge in [0.15, 0.2) is 0 Å². The lowest BCUT2D eigenvalue weighted by atomic mass is 10.3. The van der Waals surface area contributed by atoms with Gasteiger partial charge >= 0.3 is 0 Å². The van der Waals surface area contributed by atoms with Gasteiger partial charge in [0.05, 0.1) is 0 Å². The van der Waals surface area contributed by atoms with Crippen molar-refractivity contribution in [3.63, 3.8) is 0 Å². The van der Waals surface area contributed by atoms with Crippen LogP contribution in [0.4, 0.5) is 0 Å². The largest absolute Gasteiger partial charge is 0.304 e. The molecule has 1 aliphatic heterocycles. The number of likely N-dealkylation sites (N-methyl/N-ethyl adjacent to an activating group) is 1. The zero-order chi connectivity index (χ0) is 9.52. The Bertz CT molecular complexity index is 213. The summed E-state index contributed by atoms with van der Waals surface area (Å²) in [5, 5.41) is 0. The SMILES string of the molecule is CN1CCN(C/C=C\N=C=O)CC1. The first-order valence-corrected chi connectivity index (χ1v) is 4.46. The van der Waals surface area contributed by atoms with Gasteiger partial charge in [0, 0.05) is 38.9 Å². The van der Waals surface area contributed by atoms with Gasteiger partial charge in [0.2, 0.25) is 6.08 Å². The molecular weight excluding hydrogens is 166 g/mol. The molecule has 0 saturated carbocycles. The van der Waals surface area contributed by atoms with Crippen LogP contribution in [0.2, 0.25) is 0 Å². The third kappa shape index (κ3) is 3.99. The molecule has 0 bridgehead atoms. The summed E-state index contributed by atoms with van der Waals surface area (Å²) in [5.74, 6) is 0. The van der Waals surface area contributed by atoms with Crippen LogP contribution >= 0.6 is 0 Å². The summed E-state index contributed by atoms with van der Waals surface area (Å²) in [7, 11) is 2.13. The first kappa shape index (κ1) is 10.1. The lowest BCUT2D eigenvalue weighted by Crippen LogP contribution is -2.44. The Morgan fingerprint density at radius 3 is 2.69 bits per heavy atom. The smallest absolute Gasteiger partial charge is 0.239 e. The van der Waals surface area contributed by atoms with Crippen molar-refractivity contribution in [2.45, 2.75) is 0 Å². The molecule has 13 heavy (non-hydrogen) atoms. The summed E-state index contributed by atoms with van der Waals surface area (Å²) >= 11 is 0. The highest BCUT2D eigenvalue weighted by atomic mass is 16.1. The number of hydrogen-bond donors (Lipinski definition) is 0. The van der Waals surface area contributed by atoms with Gasteiger partial charge < -0.3 is 4.90 Å². The fourth-order valence-corrected chi connectivity index (χ4v) is 1.31. The topological polar surface area (TPSA) is 35.9 Å². The summed E-state index contributed by atoms with van der Waals surface area (Å²) in [4.78, 5) is 17.7. The van der Waals surface area contributed by atoms with Crippen LogP contribution in [0.15, 0.2) is 17.3 Å². The molecule has 0 unspecified atom stereocenters. The third-order valence-corrected chi connectivity index (χ3v) is 2.19. The van der Waals surface area contributed by atoms with Crippen LogP contribution in [0.5, 0.6) is 0 Å². The predicted molar refractivity (Wildman–Crippen MR) is 51.2 cm³/mol. The molecule has 0 atom stereocenters. The molecule has 0 aliphatic carbocycles. The van der Waals surface area contributed by atoms with Gasteiger partial charge in [-0.2, -0.15) is 4.99 Å². The van der Waals surface area contributed by atoms with Crippen LogP contribution in [0.1, 0.15) is 0 Å². The fraction of sp³-hybridized carbons (Fsp3) is 0.667. The molecule has 0 aromatic rings. The second-order valence-corrected chi connectivity index (χ2v) is 3.21. The Morgan fingerprint density at radius 2 is 2.08 bits per heavy atom. The van der Waals surface area contributed by atoms with Gasteiger partial charge in [0.25, 0.3) is 0 Å². The summed E-state index contributed by atoms with van der Waals surface area (Å²) in [6.45, 7) is 5.28. The summed E-state index contributed by atoms with van der Waals surface area (Å²) in [6, 6.07) is 0. The molecule has 1 saturated heterocycles. The number of carbonyl (C=O) groups excluding carboxylic acids is 1. The summed E-state index contributed by atoms with van der Waals surface area (Å²) in [6.07, 6.45) is 4.86. The highest BCUT2D eigenvalue weighted by Crippen LogP contribution is 1.98. The molecule has 0 N–H and O–H groups in total. The number of hydrogen-bond acceptors (Lipinski definition) is 4. The van der Waals surface area contributed by atoms with E-state index in [0.717, 1.165) is 32.7 Å². The van der Waals surface area contributed by atoms with Crippen molar-refractivity contribution in [1.82, 2.24) is 9.80 Å². The van der Waals surface area contributed by atoms with Crippen molar-refractivity contribution < 1.29 is 4.79 Å². The maximum atomic E-state index is 9.74. The Kier molecular flexibility index (Phi) is 4.40. The van der Waals surface area contributed by atoms with E-state index in [0.29, 0.717) is 0 Å². The number of aliphatic imine (C=N–C) groups is 1. The predicted octanol–water partition coefficient (Wildman–Crippen LogP) is 0.0833. The standard InChI is InChI=1S/C9H15N3O/c1-11-5-7-12(8-6-11)4-2-3-10-9-13/h2-3H,4-8H2,1H3/b3-2-. The number of isocyanates is 1. The lowest BCUT2D eigenvalue weighted by molar-refractivity contribution is 0.166. The van der Waals surface area contributed by atoms with Crippen molar-refractivity contribution >= 4 is 6.08 Å². The zero-order valence-corrected chi connectivity index (χ0v) is 7.94. The van der Waals surface area contributed by atoms with Crippen molar-refractivity contribution in [2.75, 3.05) is 39.8 Å². The normalized spacial score (nSPS) is 20.4. The number of rotatable bonds is 3. The van der Waals surface area contributed by atoms with Gasteiger partial charge in [-0.3, -0.25) is 4.90 Å². The fourth-order valence-electron chi connectivity index (χ4n) is 1.31. The van der Waals surface area contributed by atoms with Crippen LogP contribution in [0.3, 0.4) is 0 Å². The van der Waals surface area contributed by atoms with E-state index in [4.69, 9.17) is 0 Å². The van der Waals surface area contributed by atoms with E-state index < -0.39 is 0 Å². The van der Waals surface area contributed by atoms with Gasteiger partial charge in [-0.1, -0.05) is 6.08 Å². The number of nitrogens with zero attached hydrogens (tertiary/aromatic N) is 3. The van der Waals surface area contributed by atoms with Gasteiger partial charge in [-0.05, 0) is 7.05 Å². The van der Waals surface area contributed by atoms with E-state index >= 15 is 0 Å². The van der Waals surface area contributed by atoms with E-state index in [1.54, 1.807) is 0 Å². The molecule has 0 aromatic heterocycles. The summed E-state index contributed by atoms with van der Waals surface area (Å²) in [5.41, 5.74) is 0. The number of piperazine rings is 1. The maximum Gasteiger partial charge on any atom is 0.239 e. The first-order chi connectivity index (χ1) is 6.33. The minimum Gasteiger partial charge on any atom is -0.304 e. The average molecular weight is 181 g/mol. The van der Waals surface area contributed by atoms with E-state index in [2.05, 4.69) is 21.8 Å². The highest BCUT2D eigenvalue weighted by molar-refractivity contribution is 5.34. The van der Waals surface area contributed by atoms with E-state index in [1.807, 2.05) is 6.08 Å².